The molecule has 0 aliphatic carbocycles. The van der Waals surface area contributed by atoms with Crippen molar-refractivity contribution in [1.29, 1.82) is 0 Å². The minimum atomic E-state index is -0.108. The van der Waals surface area contributed by atoms with Crippen LogP contribution in [0.2, 0.25) is 0 Å². The van der Waals surface area contributed by atoms with Crippen molar-refractivity contribution in [3.8, 4) is 11.5 Å². The monoisotopic (exact) mass is 412 g/mol. The summed E-state index contributed by atoms with van der Waals surface area (Å²) in [7, 11) is 1.60. The Bertz CT molecular complexity index is 846. The Balaban J connectivity index is 1.54. The number of amides is 1. The second kappa shape index (κ2) is 10.6. The zero-order valence-electron chi connectivity index (χ0n) is 17.6. The molecule has 1 amide bonds. The molecule has 2 atom stereocenters. The van der Waals surface area contributed by atoms with Gasteiger partial charge < -0.3 is 23.9 Å². The predicted molar refractivity (Wildman–Crippen MR) is 114 cm³/mol. The fourth-order valence-electron chi connectivity index (χ4n) is 3.29. The van der Waals surface area contributed by atoms with Gasteiger partial charge in [-0.05, 0) is 37.6 Å². The Hall–Kier alpha value is -3.06. The van der Waals surface area contributed by atoms with Gasteiger partial charge in [-0.1, -0.05) is 35.5 Å². The highest BCUT2D eigenvalue weighted by molar-refractivity contribution is 5.81. The first-order chi connectivity index (χ1) is 14.5. The number of morpholine rings is 1. The molecule has 1 saturated heterocycles. The molecule has 1 fully saturated rings. The van der Waals surface area contributed by atoms with Gasteiger partial charge >= 0.3 is 0 Å². The molecular formula is C23H28N2O5. The van der Waals surface area contributed by atoms with Crippen LogP contribution >= 0.6 is 0 Å². The molecule has 1 aliphatic heterocycles. The van der Waals surface area contributed by atoms with Crippen molar-refractivity contribution in [2.75, 3.05) is 26.8 Å². The second-order valence-electron chi connectivity index (χ2n) is 7.25. The summed E-state index contributed by atoms with van der Waals surface area (Å²) < 4.78 is 16.9. The summed E-state index contributed by atoms with van der Waals surface area (Å²) in [5, 5.41) is 3.93. The van der Waals surface area contributed by atoms with E-state index in [1.54, 1.807) is 18.2 Å². The summed E-state index contributed by atoms with van der Waals surface area (Å²) in [5.74, 6) is 1.14. The van der Waals surface area contributed by atoms with Crippen molar-refractivity contribution in [2.24, 2.45) is 5.16 Å². The molecule has 7 nitrogen and oxygen atoms in total. The van der Waals surface area contributed by atoms with Gasteiger partial charge in [0, 0.05) is 18.7 Å². The van der Waals surface area contributed by atoms with Crippen molar-refractivity contribution in [3.05, 3.63) is 59.7 Å². The van der Waals surface area contributed by atoms with Gasteiger partial charge in [-0.3, -0.25) is 4.79 Å². The topological polar surface area (TPSA) is 69.6 Å². The van der Waals surface area contributed by atoms with Crippen LogP contribution in [0.25, 0.3) is 0 Å². The molecule has 160 valence electrons. The Kier molecular flexibility index (Phi) is 7.68. The lowest BCUT2D eigenvalue weighted by atomic mass is 10.2. The summed E-state index contributed by atoms with van der Waals surface area (Å²) in [5.41, 5.74) is 1.84. The molecule has 0 N–H and O–H groups in total. The van der Waals surface area contributed by atoms with Crippen LogP contribution in [-0.4, -0.2) is 56.0 Å². The smallest absolute Gasteiger partial charge is 0.263 e. The average Bonchev–Trinajstić information content (AvgIpc) is 2.75. The summed E-state index contributed by atoms with van der Waals surface area (Å²) in [6.45, 7) is 5.36. The number of oxime groups is 1. The minimum absolute atomic E-state index is 0.0230. The van der Waals surface area contributed by atoms with E-state index in [1.807, 2.05) is 62.4 Å². The molecule has 0 bridgehead atoms. The number of hydrogen-bond donors (Lipinski definition) is 0. The highest BCUT2D eigenvalue weighted by Gasteiger charge is 2.25. The van der Waals surface area contributed by atoms with Crippen molar-refractivity contribution in [2.45, 2.75) is 32.7 Å². The lowest BCUT2D eigenvalue weighted by Gasteiger charge is -2.34. The van der Waals surface area contributed by atoms with E-state index >= 15 is 0 Å². The third kappa shape index (κ3) is 6.22. The number of carbonyl (C=O) groups excluding carboxylic acids is 1. The normalized spacial score (nSPS) is 19.0. The standard InChI is InChI=1S/C23H28N2O5/c1-17-13-25(14-18(2)30-17)23(26)16-29-24-12-20-9-10-21(27-3)22(11-20)28-15-19-7-5-4-6-8-19/h4-12,17-18H,13-16H2,1-3H3/b24-12+. The maximum absolute atomic E-state index is 12.3. The van der Waals surface area contributed by atoms with E-state index in [-0.39, 0.29) is 24.7 Å². The van der Waals surface area contributed by atoms with Gasteiger partial charge in [0.25, 0.3) is 5.91 Å². The maximum Gasteiger partial charge on any atom is 0.263 e. The van der Waals surface area contributed by atoms with E-state index in [0.29, 0.717) is 31.2 Å². The predicted octanol–water partition coefficient (Wildman–Crippen LogP) is 3.26. The maximum atomic E-state index is 12.3. The van der Waals surface area contributed by atoms with E-state index in [1.165, 1.54) is 0 Å². The van der Waals surface area contributed by atoms with Gasteiger partial charge in [-0.15, -0.1) is 0 Å². The van der Waals surface area contributed by atoms with E-state index in [2.05, 4.69) is 5.16 Å². The van der Waals surface area contributed by atoms with Gasteiger partial charge in [-0.2, -0.15) is 0 Å². The molecule has 0 radical (unpaired) electrons. The molecule has 30 heavy (non-hydrogen) atoms. The Morgan fingerprint density at radius 1 is 1.13 bits per heavy atom. The number of carbonyl (C=O) groups is 1. The zero-order chi connectivity index (χ0) is 21.3. The molecule has 2 unspecified atom stereocenters. The fourth-order valence-corrected chi connectivity index (χ4v) is 3.29. The first kappa shape index (κ1) is 21.6. The third-order valence-electron chi connectivity index (χ3n) is 4.66. The number of hydrogen-bond acceptors (Lipinski definition) is 6. The highest BCUT2D eigenvalue weighted by Crippen LogP contribution is 2.28. The number of nitrogens with zero attached hydrogens (tertiary/aromatic N) is 2. The van der Waals surface area contributed by atoms with Crippen molar-refractivity contribution in [3.63, 3.8) is 0 Å². The van der Waals surface area contributed by atoms with Crippen LogP contribution in [-0.2, 0) is 21.0 Å². The number of ether oxygens (including phenoxy) is 3. The Morgan fingerprint density at radius 3 is 2.57 bits per heavy atom. The minimum Gasteiger partial charge on any atom is -0.493 e. The molecule has 3 rings (SSSR count). The van der Waals surface area contributed by atoms with Gasteiger partial charge in [0.05, 0.1) is 25.5 Å². The molecule has 0 spiro atoms. The lowest BCUT2D eigenvalue weighted by Crippen LogP contribution is -2.49. The van der Waals surface area contributed by atoms with Crippen LogP contribution in [0.4, 0.5) is 0 Å². The number of benzene rings is 2. The molecule has 1 heterocycles. The summed E-state index contributed by atoms with van der Waals surface area (Å²) >= 11 is 0. The number of methoxy groups -OCH3 is 1. The molecule has 2 aromatic rings. The van der Waals surface area contributed by atoms with E-state index in [0.717, 1.165) is 11.1 Å². The van der Waals surface area contributed by atoms with Crippen molar-refractivity contribution in [1.82, 2.24) is 4.90 Å². The first-order valence-corrected chi connectivity index (χ1v) is 9.98. The molecular weight excluding hydrogens is 384 g/mol. The molecule has 7 heteroatoms. The Morgan fingerprint density at radius 2 is 1.87 bits per heavy atom. The average molecular weight is 412 g/mol. The van der Waals surface area contributed by atoms with Crippen molar-refractivity contribution < 1.29 is 23.8 Å². The van der Waals surface area contributed by atoms with Crippen LogP contribution in [0.1, 0.15) is 25.0 Å². The Labute approximate surface area is 177 Å². The van der Waals surface area contributed by atoms with Gasteiger partial charge in [-0.25, -0.2) is 0 Å². The molecule has 0 aromatic heterocycles. The van der Waals surface area contributed by atoms with Crippen LogP contribution in [0.3, 0.4) is 0 Å². The van der Waals surface area contributed by atoms with Crippen LogP contribution < -0.4 is 9.47 Å². The SMILES string of the molecule is COc1ccc(/C=N/OCC(=O)N2CC(C)OC(C)C2)cc1OCc1ccccc1. The second-order valence-corrected chi connectivity index (χ2v) is 7.25. The zero-order valence-corrected chi connectivity index (χ0v) is 17.6. The van der Waals surface area contributed by atoms with E-state index in [4.69, 9.17) is 19.0 Å². The molecule has 1 aliphatic rings. The summed E-state index contributed by atoms with van der Waals surface area (Å²) in [6, 6.07) is 15.4. The lowest BCUT2D eigenvalue weighted by molar-refractivity contribution is -0.147. The molecule has 0 saturated carbocycles. The van der Waals surface area contributed by atoms with Crippen LogP contribution in [0.15, 0.2) is 53.7 Å². The van der Waals surface area contributed by atoms with E-state index < -0.39 is 0 Å². The van der Waals surface area contributed by atoms with E-state index in [9.17, 15) is 4.79 Å². The van der Waals surface area contributed by atoms with Gasteiger partial charge in [0.15, 0.2) is 18.1 Å². The largest absolute Gasteiger partial charge is 0.493 e. The van der Waals surface area contributed by atoms with Crippen LogP contribution in [0, 0.1) is 0 Å². The summed E-state index contributed by atoms with van der Waals surface area (Å²) in [4.78, 5) is 19.3. The quantitative estimate of drug-likeness (QED) is 0.492. The van der Waals surface area contributed by atoms with Crippen LogP contribution in [0.5, 0.6) is 11.5 Å². The fraction of sp³-hybridized carbons (Fsp3) is 0.391. The van der Waals surface area contributed by atoms with Gasteiger partial charge in [0.2, 0.25) is 0 Å². The summed E-state index contributed by atoms with van der Waals surface area (Å²) in [6.07, 6.45) is 1.59. The highest BCUT2D eigenvalue weighted by atomic mass is 16.6. The number of rotatable bonds is 8. The molecule has 2 aromatic carbocycles. The first-order valence-electron chi connectivity index (χ1n) is 9.98. The van der Waals surface area contributed by atoms with Gasteiger partial charge in [0.1, 0.15) is 6.61 Å². The third-order valence-corrected chi connectivity index (χ3v) is 4.66. The van der Waals surface area contributed by atoms with Crippen molar-refractivity contribution >= 4 is 12.1 Å².